The number of esters is 2. The molecule has 0 saturated carbocycles. The molecule has 0 fully saturated rings. The van der Waals surface area contributed by atoms with Crippen LogP contribution in [-0.4, -0.2) is 25.2 Å². The van der Waals surface area contributed by atoms with Gasteiger partial charge in [-0.05, 0) is 37.6 Å². The van der Waals surface area contributed by atoms with Crippen LogP contribution >= 0.6 is 0 Å². The maximum Gasteiger partial charge on any atom is 0.416 e. The molecule has 0 atom stereocenters. The normalized spacial score (nSPS) is 10.8. The van der Waals surface area contributed by atoms with Crippen molar-refractivity contribution in [3.63, 3.8) is 0 Å². The van der Waals surface area contributed by atoms with E-state index in [9.17, 15) is 22.8 Å². The lowest BCUT2D eigenvalue weighted by molar-refractivity contribution is -0.146. The molecule has 7 heteroatoms. The van der Waals surface area contributed by atoms with E-state index in [1.807, 2.05) is 0 Å². The van der Waals surface area contributed by atoms with Crippen LogP contribution in [0.3, 0.4) is 0 Å². The van der Waals surface area contributed by atoms with Crippen molar-refractivity contribution >= 4 is 18.0 Å². The van der Waals surface area contributed by atoms with Crippen LogP contribution < -0.4 is 0 Å². The number of hydrogen-bond acceptors (Lipinski definition) is 4. The van der Waals surface area contributed by atoms with E-state index in [2.05, 4.69) is 0 Å². The lowest BCUT2D eigenvalue weighted by Crippen LogP contribution is -2.18. The number of carbonyl (C=O) groups excluding carboxylic acids is 2. The number of rotatable bonds is 5. The summed E-state index contributed by atoms with van der Waals surface area (Å²) in [7, 11) is 0. The molecule has 22 heavy (non-hydrogen) atoms. The highest BCUT2D eigenvalue weighted by Crippen LogP contribution is 2.30. The van der Waals surface area contributed by atoms with Crippen LogP contribution in [0.1, 0.15) is 25.0 Å². The van der Waals surface area contributed by atoms with Crippen molar-refractivity contribution in [2.45, 2.75) is 20.0 Å². The molecule has 0 aromatic heterocycles. The number of hydrogen-bond donors (Lipinski definition) is 0. The first-order valence-corrected chi connectivity index (χ1v) is 6.52. The van der Waals surface area contributed by atoms with Crippen molar-refractivity contribution in [3.05, 3.63) is 41.0 Å². The molecule has 0 bridgehead atoms. The van der Waals surface area contributed by atoms with E-state index in [-0.39, 0.29) is 18.8 Å². The van der Waals surface area contributed by atoms with Gasteiger partial charge in [0, 0.05) is 0 Å². The van der Waals surface area contributed by atoms with Crippen molar-refractivity contribution in [1.82, 2.24) is 0 Å². The van der Waals surface area contributed by atoms with E-state index >= 15 is 0 Å². The topological polar surface area (TPSA) is 52.6 Å². The van der Waals surface area contributed by atoms with Gasteiger partial charge in [0.05, 0.1) is 18.8 Å². The molecule has 1 aromatic carbocycles. The summed E-state index contributed by atoms with van der Waals surface area (Å²) in [6.45, 7) is 3.15. The van der Waals surface area contributed by atoms with E-state index in [1.165, 1.54) is 12.1 Å². The van der Waals surface area contributed by atoms with Crippen LogP contribution in [0.4, 0.5) is 13.2 Å². The minimum Gasteiger partial charge on any atom is -0.462 e. The van der Waals surface area contributed by atoms with E-state index < -0.39 is 29.3 Å². The van der Waals surface area contributed by atoms with Crippen LogP contribution in [0, 0.1) is 0 Å². The molecule has 1 aromatic rings. The lowest BCUT2D eigenvalue weighted by atomic mass is 10.1. The fraction of sp³-hybridized carbons (Fsp3) is 0.333. The van der Waals surface area contributed by atoms with Crippen molar-refractivity contribution in [2.75, 3.05) is 13.2 Å². The molecule has 0 heterocycles. The van der Waals surface area contributed by atoms with E-state index in [0.717, 1.165) is 18.2 Å². The molecular formula is C15H15F3O4. The highest BCUT2D eigenvalue weighted by Gasteiger charge is 2.30. The average Bonchev–Trinajstić information content (AvgIpc) is 2.44. The van der Waals surface area contributed by atoms with Crippen molar-refractivity contribution in [1.29, 1.82) is 0 Å². The highest BCUT2D eigenvalue weighted by molar-refractivity contribution is 6.17. The van der Waals surface area contributed by atoms with E-state index in [4.69, 9.17) is 9.47 Å². The predicted octanol–water partition coefficient (Wildman–Crippen LogP) is 3.22. The SMILES string of the molecule is CCOC(=O)C(=Cc1cccc(C(F)(F)F)c1)C(=O)OCC. The number of carbonyl (C=O) groups is 2. The van der Waals surface area contributed by atoms with Crippen molar-refractivity contribution < 1.29 is 32.2 Å². The molecule has 1 rings (SSSR count). The molecular weight excluding hydrogens is 301 g/mol. The van der Waals surface area contributed by atoms with Gasteiger partial charge in [-0.1, -0.05) is 12.1 Å². The largest absolute Gasteiger partial charge is 0.462 e. The summed E-state index contributed by atoms with van der Waals surface area (Å²) in [5.74, 6) is -1.89. The Balaban J connectivity index is 3.21. The Bertz CT molecular complexity index is 556. The van der Waals surface area contributed by atoms with Crippen LogP contribution in [0.5, 0.6) is 0 Å². The Hall–Kier alpha value is -2.31. The van der Waals surface area contributed by atoms with Gasteiger partial charge in [0.2, 0.25) is 0 Å². The molecule has 0 N–H and O–H groups in total. The smallest absolute Gasteiger partial charge is 0.416 e. The van der Waals surface area contributed by atoms with Crippen molar-refractivity contribution in [3.8, 4) is 0 Å². The zero-order valence-electron chi connectivity index (χ0n) is 12.1. The number of ether oxygens (including phenoxy) is 2. The maximum atomic E-state index is 12.7. The first kappa shape index (κ1) is 17.7. The Kier molecular flexibility index (Phi) is 6.15. The minimum atomic E-state index is -4.52. The third-order valence-corrected chi connectivity index (χ3v) is 2.52. The van der Waals surface area contributed by atoms with Gasteiger partial charge in [0.15, 0.2) is 0 Å². The quantitative estimate of drug-likeness (QED) is 0.362. The van der Waals surface area contributed by atoms with E-state index in [0.29, 0.717) is 0 Å². The Morgan fingerprint density at radius 3 is 2.09 bits per heavy atom. The zero-order valence-corrected chi connectivity index (χ0v) is 12.1. The predicted molar refractivity (Wildman–Crippen MR) is 72.7 cm³/mol. The maximum absolute atomic E-state index is 12.7. The number of benzene rings is 1. The number of alkyl halides is 3. The Labute approximate surface area is 125 Å². The summed E-state index contributed by atoms with van der Waals surface area (Å²) in [4.78, 5) is 23.5. The molecule has 0 aliphatic carbocycles. The van der Waals surface area contributed by atoms with Gasteiger partial charge >= 0.3 is 18.1 Å². The van der Waals surface area contributed by atoms with Gasteiger partial charge in [-0.15, -0.1) is 0 Å². The second-order valence-corrected chi connectivity index (χ2v) is 4.12. The fourth-order valence-electron chi connectivity index (χ4n) is 1.59. The fourth-order valence-corrected chi connectivity index (χ4v) is 1.59. The molecule has 4 nitrogen and oxygen atoms in total. The molecule has 0 aliphatic rings. The second-order valence-electron chi connectivity index (χ2n) is 4.12. The zero-order chi connectivity index (χ0) is 16.8. The first-order valence-electron chi connectivity index (χ1n) is 6.52. The summed E-state index contributed by atoms with van der Waals surface area (Å²) < 4.78 is 47.4. The summed E-state index contributed by atoms with van der Waals surface area (Å²) in [6, 6.07) is 4.25. The first-order chi connectivity index (χ1) is 10.3. The summed E-state index contributed by atoms with van der Waals surface area (Å²) in [6.07, 6.45) is -3.50. The van der Waals surface area contributed by atoms with Gasteiger partial charge < -0.3 is 9.47 Å². The Morgan fingerprint density at radius 2 is 1.64 bits per heavy atom. The van der Waals surface area contributed by atoms with Gasteiger partial charge in [-0.3, -0.25) is 0 Å². The van der Waals surface area contributed by atoms with Crippen LogP contribution in [-0.2, 0) is 25.2 Å². The summed E-state index contributed by atoms with van der Waals surface area (Å²) in [5.41, 5.74) is -1.29. The van der Waals surface area contributed by atoms with Gasteiger partial charge in [0.25, 0.3) is 0 Å². The molecule has 0 radical (unpaired) electrons. The standard InChI is InChI=1S/C15H15F3O4/c1-3-21-13(19)12(14(20)22-4-2)9-10-6-5-7-11(8-10)15(16,17)18/h5-9H,3-4H2,1-2H3. The highest BCUT2D eigenvalue weighted by atomic mass is 19.4. The molecule has 0 aliphatic heterocycles. The minimum absolute atomic E-state index is 0.0260. The average molecular weight is 316 g/mol. The number of halogens is 3. The Morgan fingerprint density at radius 1 is 1.09 bits per heavy atom. The van der Waals surface area contributed by atoms with Gasteiger partial charge in [-0.25, -0.2) is 9.59 Å². The monoisotopic (exact) mass is 316 g/mol. The summed E-state index contributed by atoms with van der Waals surface area (Å²) >= 11 is 0. The third kappa shape index (κ3) is 4.91. The van der Waals surface area contributed by atoms with Crippen LogP contribution in [0.15, 0.2) is 29.8 Å². The summed E-state index contributed by atoms with van der Waals surface area (Å²) in [5, 5.41) is 0. The van der Waals surface area contributed by atoms with Crippen molar-refractivity contribution in [2.24, 2.45) is 0 Å². The molecule has 0 saturated heterocycles. The molecule has 0 amide bonds. The molecule has 120 valence electrons. The lowest BCUT2D eigenvalue weighted by Gasteiger charge is -2.09. The van der Waals surface area contributed by atoms with E-state index in [1.54, 1.807) is 13.8 Å². The second kappa shape index (κ2) is 7.63. The van der Waals surface area contributed by atoms with Gasteiger partial charge in [-0.2, -0.15) is 13.2 Å². The third-order valence-electron chi connectivity index (χ3n) is 2.52. The van der Waals surface area contributed by atoms with Crippen LogP contribution in [0.2, 0.25) is 0 Å². The van der Waals surface area contributed by atoms with Crippen LogP contribution in [0.25, 0.3) is 6.08 Å². The van der Waals surface area contributed by atoms with Gasteiger partial charge in [0.1, 0.15) is 5.57 Å². The molecule has 0 unspecified atom stereocenters. The molecule has 0 spiro atoms.